The Bertz CT molecular complexity index is 774. The quantitative estimate of drug-likeness (QED) is 0.808. The van der Waals surface area contributed by atoms with Gasteiger partial charge >= 0.3 is 0 Å². The van der Waals surface area contributed by atoms with Crippen molar-refractivity contribution < 1.29 is 14.3 Å². The van der Waals surface area contributed by atoms with E-state index in [-0.39, 0.29) is 17.9 Å². The lowest BCUT2D eigenvalue weighted by Crippen LogP contribution is -2.40. The van der Waals surface area contributed by atoms with Gasteiger partial charge in [-0.25, -0.2) is 0 Å². The molecule has 0 spiro atoms. The summed E-state index contributed by atoms with van der Waals surface area (Å²) in [7, 11) is 0. The minimum absolute atomic E-state index is 0.0275. The molecule has 1 atom stereocenters. The lowest BCUT2D eigenvalue weighted by molar-refractivity contribution is 0.0302. The van der Waals surface area contributed by atoms with Gasteiger partial charge in [-0.3, -0.25) is 14.6 Å². The molecule has 9 heteroatoms. The van der Waals surface area contributed by atoms with Gasteiger partial charge in [0.15, 0.2) is 5.69 Å². The number of aromatic nitrogens is 3. The Morgan fingerprint density at radius 3 is 2.69 bits per heavy atom. The van der Waals surface area contributed by atoms with Crippen molar-refractivity contribution in [2.75, 3.05) is 32.8 Å². The van der Waals surface area contributed by atoms with Crippen LogP contribution in [0, 0.1) is 0 Å². The Hall–Kier alpha value is -2.39. The molecule has 0 radical (unpaired) electrons. The van der Waals surface area contributed by atoms with Crippen LogP contribution in [0.5, 0.6) is 0 Å². The SMILES string of the molecule is O=C(c1ccc([C@H]2CCCN2C(=O)c2csnn2)nc1)N1CCOCC1. The van der Waals surface area contributed by atoms with Crippen LogP contribution in [0.3, 0.4) is 0 Å². The summed E-state index contributed by atoms with van der Waals surface area (Å²) in [6.45, 7) is 3.03. The van der Waals surface area contributed by atoms with Gasteiger partial charge in [-0.15, -0.1) is 5.10 Å². The second kappa shape index (κ2) is 7.46. The highest BCUT2D eigenvalue weighted by atomic mass is 32.1. The van der Waals surface area contributed by atoms with Crippen molar-refractivity contribution in [2.24, 2.45) is 0 Å². The van der Waals surface area contributed by atoms with Crippen molar-refractivity contribution in [1.82, 2.24) is 24.4 Å². The zero-order valence-electron chi connectivity index (χ0n) is 14.2. The van der Waals surface area contributed by atoms with Gasteiger partial charge in [0.25, 0.3) is 11.8 Å². The Kier molecular flexibility index (Phi) is 4.89. The van der Waals surface area contributed by atoms with Crippen LogP contribution in [0.1, 0.15) is 45.4 Å². The number of carbonyl (C=O) groups excluding carboxylic acids is 2. The molecular weight excluding hydrogens is 354 g/mol. The lowest BCUT2D eigenvalue weighted by atomic mass is 10.1. The number of pyridine rings is 1. The number of rotatable bonds is 3. The minimum Gasteiger partial charge on any atom is -0.378 e. The molecule has 4 rings (SSSR count). The number of morpholine rings is 1. The van der Waals surface area contributed by atoms with Crippen LogP contribution in [0.15, 0.2) is 23.7 Å². The predicted octanol–water partition coefficient (Wildman–Crippen LogP) is 1.38. The van der Waals surface area contributed by atoms with Crippen LogP contribution in [-0.2, 0) is 4.74 Å². The van der Waals surface area contributed by atoms with Gasteiger partial charge in [0.2, 0.25) is 0 Å². The van der Waals surface area contributed by atoms with Crippen molar-refractivity contribution in [3.63, 3.8) is 0 Å². The molecule has 0 unspecified atom stereocenters. The Morgan fingerprint density at radius 2 is 2.00 bits per heavy atom. The van der Waals surface area contributed by atoms with Crippen molar-refractivity contribution in [2.45, 2.75) is 18.9 Å². The smallest absolute Gasteiger partial charge is 0.275 e. The van der Waals surface area contributed by atoms with Gasteiger partial charge in [0.1, 0.15) is 0 Å². The van der Waals surface area contributed by atoms with Crippen molar-refractivity contribution in [3.05, 3.63) is 40.7 Å². The zero-order chi connectivity index (χ0) is 17.9. The maximum atomic E-state index is 12.6. The highest BCUT2D eigenvalue weighted by Crippen LogP contribution is 2.32. The van der Waals surface area contributed by atoms with Gasteiger partial charge in [0.05, 0.1) is 30.5 Å². The molecule has 0 aromatic carbocycles. The van der Waals surface area contributed by atoms with E-state index in [1.807, 2.05) is 6.07 Å². The summed E-state index contributed by atoms with van der Waals surface area (Å²) in [6, 6.07) is 3.56. The maximum Gasteiger partial charge on any atom is 0.275 e. The number of carbonyl (C=O) groups is 2. The fourth-order valence-electron chi connectivity index (χ4n) is 3.40. The van der Waals surface area contributed by atoms with Gasteiger partial charge in [-0.1, -0.05) is 4.49 Å². The average molecular weight is 373 g/mol. The first kappa shape index (κ1) is 17.0. The molecule has 0 bridgehead atoms. The van der Waals surface area contributed by atoms with Gasteiger partial charge in [-0.05, 0) is 36.5 Å². The largest absolute Gasteiger partial charge is 0.378 e. The first-order valence-corrected chi connectivity index (χ1v) is 9.48. The Balaban J connectivity index is 1.49. The molecule has 26 heavy (non-hydrogen) atoms. The summed E-state index contributed by atoms with van der Waals surface area (Å²) in [5.41, 5.74) is 1.74. The molecule has 2 saturated heterocycles. The maximum absolute atomic E-state index is 12.6. The third-order valence-corrected chi connectivity index (χ3v) is 5.27. The minimum atomic E-state index is -0.114. The monoisotopic (exact) mass is 373 g/mol. The first-order valence-electron chi connectivity index (χ1n) is 8.65. The van der Waals surface area contributed by atoms with E-state index in [2.05, 4.69) is 14.6 Å². The molecule has 8 nitrogen and oxygen atoms in total. The molecule has 0 aliphatic carbocycles. The van der Waals surface area contributed by atoms with Crippen LogP contribution in [0.2, 0.25) is 0 Å². The molecule has 136 valence electrons. The summed E-state index contributed by atoms with van der Waals surface area (Å²) < 4.78 is 9.05. The number of hydrogen-bond acceptors (Lipinski definition) is 7. The van der Waals surface area contributed by atoms with Gasteiger partial charge in [-0.2, -0.15) is 0 Å². The van der Waals surface area contributed by atoms with E-state index in [1.165, 1.54) is 11.5 Å². The zero-order valence-corrected chi connectivity index (χ0v) is 15.0. The van der Waals surface area contributed by atoms with Gasteiger partial charge in [0, 0.05) is 31.2 Å². The number of ether oxygens (including phenoxy) is 1. The van der Waals surface area contributed by atoms with Crippen LogP contribution in [0.25, 0.3) is 0 Å². The summed E-state index contributed by atoms with van der Waals surface area (Å²) in [5, 5.41) is 5.54. The fourth-order valence-corrected chi connectivity index (χ4v) is 3.83. The second-order valence-corrected chi connectivity index (χ2v) is 6.93. The third kappa shape index (κ3) is 3.32. The number of hydrogen-bond donors (Lipinski definition) is 0. The molecule has 2 aliphatic heterocycles. The van der Waals surface area contributed by atoms with Crippen molar-refractivity contribution in [3.8, 4) is 0 Å². The standard InChI is InChI=1S/C17H19N5O3S/c23-16(21-6-8-25-9-7-21)12-3-4-13(18-10-12)15-2-1-5-22(15)17(24)14-11-26-20-19-14/h3-4,10-11,15H,1-2,5-9H2/t15-/m1/s1. The molecule has 2 aromatic heterocycles. The van der Waals surface area contributed by atoms with E-state index in [0.29, 0.717) is 44.1 Å². The highest BCUT2D eigenvalue weighted by molar-refractivity contribution is 7.03. The first-order chi connectivity index (χ1) is 12.7. The number of nitrogens with zero attached hydrogens (tertiary/aromatic N) is 5. The van der Waals surface area contributed by atoms with Crippen LogP contribution < -0.4 is 0 Å². The topological polar surface area (TPSA) is 88.5 Å². The molecule has 2 aromatic rings. The van der Waals surface area contributed by atoms with Crippen LogP contribution in [-0.4, -0.2) is 69.0 Å². The lowest BCUT2D eigenvalue weighted by Gasteiger charge is -2.27. The molecule has 2 aliphatic rings. The third-order valence-electron chi connectivity index (χ3n) is 4.77. The van der Waals surface area contributed by atoms with Crippen molar-refractivity contribution >= 4 is 23.3 Å². The molecule has 2 amide bonds. The number of likely N-dealkylation sites (tertiary alicyclic amines) is 1. The molecule has 0 N–H and O–H groups in total. The van der Waals surface area contributed by atoms with E-state index < -0.39 is 0 Å². The van der Waals surface area contributed by atoms with E-state index in [0.717, 1.165) is 18.5 Å². The van der Waals surface area contributed by atoms with Crippen molar-refractivity contribution in [1.29, 1.82) is 0 Å². The highest BCUT2D eigenvalue weighted by Gasteiger charge is 2.32. The fraction of sp³-hybridized carbons (Fsp3) is 0.471. The summed E-state index contributed by atoms with van der Waals surface area (Å²) in [5.74, 6) is -0.142. The number of amides is 2. The molecule has 0 saturated carbocycles. The summed E-state index contributed by atoms with van der Waals surface area (Å²) in [6.07, 6.45) is 3.38. The Morgan fingerprint density at radius 1 is 1.15 bits per heavy atom. The Labute approximate surface area is 154 Å². The summed E-state index contributed by atoms with van der Waals surface area (Å²) in [4.78, 5) is 33.2. The van der Waals surface area contributed by atoms with Gasteiger partial charge < -0.3 is 14.5 Å². The predicted molar refractivity (Wildman–Crippen MR) is 93.9 cm³/mol. The second-order valence-electron chi connectivity index (χ2n) is 6.32. The normalized spacial score (nSPS) is 20.4. The van der Waals surface area contributed by atoms with Crippen LogP contribution in [0.4, 0.5) is 0 Å². The van der Waals surface area contributed by atoms with E-state index in [1.54, 1.807) is 27.4 Å². The van der Waals surface area contributed by atoms with E-state index in [4.69, 9.17) is 4.74 Å². The van der Waals surface area contributed by atoms with E-state index >= 15 is 0 Å². The average Bonchev–Trinajstić information content (AvgIpc) is 3.40. The van der Waals surface area contributed by atoms with E-state index in [9.17, 15) is 9.59 Å². The summed E-state index contributed by atoms with van der Waals surface area (Å²) >= 11 is 1.17. The van der Waals surface area contributed by atoms with Crippen LogP contribution >= 0.6 is 11.5 Å². The molecule has 4 heterocycles. The molecular formula is C17H19N5O3S. The molecule has 2 fully saturated rings.